The van der Waals surface area contributed by atoms with Gasteiger partial charge >= 0.3 is 6.55 Å². The molecule has 0 fully saturated rings. The van der Waals surface area contributed by atoms with E-state index in [1.807, 2.05) is 18.2 Å². The molecule has 0 saturated carbocycles. The summed E-state index contributed by atoms with van der Waals surface area (Å²) in [5.74, 6) is 0.582. The topological polar surface area (TPSA) is 17.0 Å². The second-order valence-electron chi connectivity index (χ2n) is 4.92. The van der Waals surface area contributed by atoms with Crippen molar-refractivity contribution >= 4 is 10.9 Å². The lowest BCUT2D eigenvalue weighted by atomic mass is 10.1. The van der Waals surface area contributed by atoms with Gasteiger partial charge in [0.2, 0.25) is 0 Å². The van der Waals surface area contributed by atoms with Crippen LogP contribution in [0.15, 0.2) is 30.5 Å². The average molecular weight is 252 g/mol. The van der Waals surface area contributed by atoms with E-state index in [0.717, 1.165) is 22.1 Å². The molecule has 0 unspecified atom stereocenters. The summed E-state index contributed by atoms with van der Waals surface area (Å²) >= 11 is 0. The van der Waals surface area contributed by atoms with Crippen LogP contribution in [0, 0.1) is 5.92 Å². The average Bonchev–Trinajstić information content (AvgIpc) is 2.71. The Labute approximate surface area is 106 Å². The molecule has 0 aliphatic rings. The molecule has 2 nitrogen and oxygen atoms in total. The minimum Gasteiger partial charge on any atom is -0.312 e. The third-order valence-electron chi connectivity index (χ3n) is 2.88. The van der Waals surface area contributed by atoms with Crippen molar-refractivity contribution < 1.29 is 8.78 Å². The van der Waals surface area contributed by atoms with E-state index in [1.165, 1.54) is 6.20 Å². The second kappa shape index (κ2) is 5.48. The standard InChI is InChI=1S/C14H18F2N2/c1-10(2)8-17-9-11-3-4-12-5-6-18(14(15)16)13(12)7-11/h3-7,10,14,17H,8-9H2,1-2H3. The van der Waals surface area contributed by atoms with Gasteiger partial charge in [-0.25, -0.2) is 0 Å². The van der Waals surface area contributed by atoms with Gasteiger partial charge in [0.25, 0.3) is 0 Å². The Hall–Kier alpha value is -1.42. The van der Waals surface area contributed by atoms with E-state index in [0.29, 0.717) is 18.0 Å². The van der Waals surface area contributed by atoms with E-state index in [4.69, 9.17) is 0 Å². The van der Waals surface area contributed by atoms with Crippen LogP contribution >= 0.6 is 0 Å². The van der Waals surface area contributed by atoms with Crippen LogP contribution in [-0.4, -0.2) is 11.1 Å². The van der Waals surface area contributed by atoms with E-state index in [-0.39, 0.29) is 0 Å². The molecule has 0 atom stereocenters. The fourth-order valence-corrected chi connectivity index (χ4v) is 1.98. The highest BCUT2D eigenvalue weighted by atomic mass is 19.3. The monoisotopic (exact) mass is 252 g/mol. The maximum Gasteiger partial charge on any atom is 0.319 e. The molecule has 1 heterocycles. The predicted molar refractivity (Wildman–Crippen MR) is 69.7 cm³/mol. The lowest BCUT2D eigenvalue weighted by Crippen LogP contribution is -2.18. The molecule has 2 rings (SSSR count). The van der Waals surface area contributed by atoms with Crippen molar-refractivity contribution in [2.24, 2.45) is 5.92 Å². The Morgan fingerprint density at radius 3 is 2.67 bits per heavy atom. The summed E-state index contributed by atoms with van der Waals surface area (Å²) in [6.45, 7) is 3.42. The number of alkyl halides is 2. The molecular formula is C14H18F2N2. The first-order valence-electron chi connectivity index (χ1n) is 6.16. The highest BCUT2D eigenvalue weighted by molar-refractivity contribution is 5.80. The van der Waals surface area contributed by atoms with Crippen molar-refractivity contribution in [3.63, 3.8) is 0 Å². The zero-order valence-corrected chi connectivity index (χ0v) is 10.7. The summed E-state index contributed by atoms with van der Waals surface area (Å²) in [5.41, 5.74) is 1.62. The molecule has 1 N–H and O–H groups in total. The number of fused-ring (bicyclic) bond motifs is 1. The van der Waals surface area contributed by atoms with Crippen LogP contribution in [-0.2, 0) is 6.54 Å². The lowest BCUT2D eigenvalue weighted by molar-refractivity contribution is 0.0752. The molecule has 0 saturated heterocycles. The predicted octanol–water partition coefficient (Wildman–Crippen LogP) is 3.78. The molecule has 4 heteroatoms. The number of benzene rings is 1. The summed E-state index contributed by atoms with van der Waals surface area (Å²) in [6, 6.07) is 7.41. The normalized spacial score (nSPS) is 11.9. The Kier molecular flexibility index (Phi) is 3.97. The van der Waals surface area contributed by atoms with Gasteiger partial charge in [-0.15, -0.1) is 0 Å². The Balaban J connectivity index is 2.17. The number of nitrogens with one attached hydrogen (secondary N) is 1. The van der Waals surface area contributed by atoms with Gasteiger partial charge in [0.1, 0.15) is 0 Å². The first-order valence-corrected chi connectivity index (χ1v) is 6.16. The molecule has 0 amide bonds. The zero-order chi connectivity index (χ0) is 13.1. The molecule has 98 valence electrons. The van der Waals surface area contributed by atoms with Crippen LogP contribution in [0.4, 0.5) is 8.78 Å². The summed E-state index contributed by atoms with van der Waals surface area (Å²) < 4.78 is 26.5. The fourth-order valence-electron chi connectivity index (χ4n) is 1.98. The molecule has 0 aliphatic carbocycles. The largest absolute Gasteiger partial charge is 0.319 e. The van der Waals surface area contributed by atoms with Gasteiger partial charge in [-0.05, 0) is 35.5 Å². The van der Waals surface area contributed by atoms with Crippen molar-refractivity contribution in [3.8, 4) is 0 Å². The molecule has 0 bridgehead atoms. The van der Waals surface area contributed by atoms with Crippen molar-refractivity contribution in [1.29, 1.82) is 0 Å². The molecule has 0 radical (unpaired) electrons. The maximum absolute atomic E-state index is 12.8. The van der Waals surface area contributed by atoms with Crippen LogP contribution in [0.3, 0.4) is 0 Å². The van der Waals surface area contributed by atoms with E-state index in [2.05, 4.69) is 19.2 Å². The van der Waals surface area contributed by atoms with Crippen molar-refractivity contribution in [2.45, 2.75) is 26.9 Å². The van der Waals surface area contributed by atoms with E-state index in [9.17, 15) is 8.78 Å². The van der Waals surface area contributed by atoms with Gasteiger partial charge in [-0.3, -0.25) is 4.57 Å². The molecule has 0 spiro atoms. The summed E-state index contributed by atoms with van der Waals surface area (Å²) in [7, 11) is 0. The van der Waals surface area contributed by atoms with E-state index >= 15 is 0 Å². The van der Waals surface area contributed by atoms with Crippen molar-refractivity contribution in [2.75, 3.05) is 6.54 Å². The number of nitrogens with zero attached hydrogens (tertiary/aromatic N) is 1. The molecule has 2 aromatic rings. The van der Waals surface area contributed by atoms with Gasteiger partial charge in [0.15, 0.2) is 0 Å². The smallest absolute Gasteiger partial charge is 0.312 e. The summed E-state index contributed by atoms with van der Waals surface area (Å²) in [4.78, 5) is 0. The third kappa shape index (κ3) is 2.88. The second-order valence-corrected chi connectivity index (χ2v) is 4.92. The number of hydrogen-bond acceptors (Lipinski definition) is 1. The van der Waals surface area contributed by atoms with Crippen molar-refractivity contribution in [3.05, 3.63) is 36.0 Å². The lowest BCUT2D eigenvalue weighted by Gasteiger charge is -2.09. The maximum atomic E-state index is 12.8. The van der Waals surface area contributed by atoms with Crippen LogP contribution in [0.1, 0.15) is 26.0 Å². The molecule has 1 aromatic heterocycles. The first-order chi connectivity index (χ1) is 8.58. The summed E-state index contributed by atoms with van der Waals surface area (Å²) in [5, 5.41) is 4.16. The SMILES string of the molecule is CC(C)CNCc1ccc2ccn(C(F)F)c2c1. The quantitative estimate of drug-likeness (QED) is 0.856. The van der Waals surface area contributed by atoms with Crippen LogP contribution in [0.2, 0.25) is 0 Å². The van der Waals surface area contributed by atoms with Crippen LogP contribution < -0.4 is 5.32 Å². The minimum absolute atomic E-state index is 0.582. The Morgan fingerprint density at radius 2 is 2.00 bits per heavy atom. The van der Waals surface area contributed by atoms with Gasteiger partial charge in [0, 0.05) is 12.7 Å². The number of aromatic nitrogens is 1. The zero-order valence-electron chi connectivity index (χ0n) is 10.7. The molecule has 1 aromatic carbocycles. The minimum atomic E-state index is -2.48. The number of rotatable bonds is 5. The number of hydrogen-bond donors (Lipinski definition) is 1. The fraction of sp³-hybridized carbons (Fsp3) is 0.429. The third-order valence-corrected chi connectivity index (χ3v) is 2.88. The summed E-state index contributed by atoms with van der Waals surface area (Å²) in [6.07, 6.45) is 1.43. The first kappa shape index (κ1) is 13.0. The molecule has 18 heavy (non-hydrogen) atoms. The molecule has 0 aliphatic heterocycles. The van der Waals surface area contributed by atoms with Gasteiger partial charge in [0.05, 0.1) is 5.52 Å². The van der Waals surface area contributed by atoms with Crippen molar-refractivity contribution in [1.82, 2.24) is 9.88 Å². The van der Waals surface area contributed by atoms with Gasteiger partial charge in [-0.1, -0.05) is 26.0 Å². The van der Waals surface area contributed by atoms with Gasteiger partial charge < -0.3 is 5.32 Å². The van der Waals surface area contributed by atoms with E-state index in [1.54, 1.807) is 6.07 Å². The van der Waals surface area contributed by atoms with Gasteiger partial charge in [-0.2, -0.15) is 8.78 Å². The molecular weight excluding hydrogens is 234 g/mol. The van der Waals surface area contributed by atoms with E-state index < -0.39 is 6.55 Å². The highest BCUT2D eigenvalue weighted by Gasteiger charge is 2.09. The Bertz CT molecular complexity index is 517. The van der Waals surface area contributed by atoms with Crippen LogP contribution in [0.5, 0.6) is 0 Å². The Morgan fingerprint density at radius 1 is 1.22 bits per heavy atom. The number of halogens is 2. The highest BCUT2D eigenvalue weighted by Crippen LogP contribution is 2.23. The van der Waals surface area contributed by atoms with Crippen LogP contribution in [0.25, 0.3) is 10.9 Å².